The molecule has 8 nitrogen and oxygen atoms in total. The van der Waals surface area contributed by atoms with E-state index in [9.17, 15) is 19.2 Å². The van der Waals surface area contributed by atoms with Gasteiger partial charge in [0, 0.05) is 6.54 Å². The maximum absolute atomic E-state index is 12.9. The first-order valence-electron chi connectivity index (χ1n) is 8.59. The van der Waals surface area contributed by atoms with Crippen molar-refractivity contribution in [2.24, 2.45) is 5.92 Å². The van der Waals surface area contributed by atoms with Gasteiger partial charge in [0.1, 0.15) is 23.7 Å². The molecule has 3 fully saturated rings. The number of esters is 2. The van der Waals surface area contributed by atoms with Crippen LogP contribution in [0.1, 0.15) is 40.0 Å². The van der Waals surface area contributed by atoms with Crippen LogP contribution in [0.25, 0.3) is 0 Å². The molecule has 0 radical (unpaired) electrons. The molecule has 0 N–H and O–H groups in total. The average molecular weight is 352 g/mol. The summed E-state index contributed by atoms with van der Waals surface area (Å²) in [5, 5.41) is 0. The Balaban J connectivity index is 1.97. The predicted octanol–water partition coefficient (Wildman–Crippen LogP) is 0.0914. The second-order valence-corrected chi connectivity index (χ2v) is 7.79. The second-order valence-electron chi connectivity index (χ2n) is 7.79. The summed E-state index contributed by atoms with van der Waals surface area (Å²) < 4.78 is 10.2. The number of methoxy groups -OCH3 is 1. The largest absolute Gasteiger partial charge is 0.469 e. The Morgan fingerprint density at radius 2 is 1.76 bits per heavy atom. The fraction of sp³-hybridized carbons (Fsp3) is 0.765. The molecule has 0 aliphatic carbocycles. The molecule has 2 amide bonds. The average Bonchev–Trinajstić information content (AvgIpc) is 3.15. The van der Waals surface area contributed by atoms with Crippen LogP contribution in [-0.2, 0) is 28.7 Å². The minimum atomic E-state index is -1.11. The molecule has 25 heavy (non-hydrogen) atoms. The summed E-state index contributed by atoms with van der Waals surface area (Å²) in [6.07, 6.45) is 1.43. The molecule has 3 rings (SSSR count). The number of hydrogen-bond acceptors (Lipinski definition) is 6. The summed E-state index contributed by atoms with van der Waals surface area (Å²) in [6.45, 7) is 5.69. The molecule has 4 atom stereocenters. The lowest BCUT2D eigenvalue weighted by Crippen LogP contribution is -2.63. The Hall–Kier alpha value is -2.12. The van der Waals surface area contributed by atoms with Gasteiger partial charge in [-0.3, -0.25) is 14.4 Å². The summed E-state index contributed by atoms with van der Waals surface area (Å²) in [5.41, 5.74) is -0.766. The fourth-order valence-corrected chi connectivity index (χ4v) is 4.05. The summed E-state index contributed by atoms with van der Waals surface area (Å²) in [7, 11) is 1.23. The highest BCUT2D eigenvalue weighted by Gasteiger charge is 2.60. The van der Waals surface area contributed by atoms with Crippen molar-refractivity contribution >= 4 is 23.8 Å². The van der Waals surface area contributed by atoms with E-state index in [2.05, 4.69) is 0 Å². The highest BCUT2D eigenvalue weighted by molar-refractivity contribution is 6.02. The number of fused-ring (bicyclic) bond motifs is 2. The molecule has 0 aromatic carbocycles. The van der Waals surface area contributed by atoms with Crippen LogP contribution >= 0.6 is 0 Å². The van der Waals surface area contributed by atoms with E-state index in [4.69, 9.17) is 9.47 Å². The Bertz CT molecular complexity index is 625. The van der Waals surface area contributed by atoms with Crippen molar-refractivity contribution in [3.63, 3.8) is 0 Å². The van der Waals surface area contributed by atoms with Gasteiger partial charge in [-0.15, -0.1) is 0 Å². The normalized spacial score (nSPS) is 31.7. The van der Waals surface area contributed by atoms with Gasteiger partial charge in [-0.1, -0.05) is 0 Å². The standard InChI is InChI=1S/C17H24N2O6/c1-17(2,3)25-16(23)12-9(15(22)24-4)8-11-13(20)18-7-5-6-10(18)14(21)19(11)12/h9-12H,5-8H2,1-4H3/t9-,10+,11-,12-/m1/s1. The van der Waals surface area contributed by atoms with Crippen LogP contribution in [-0.4, -0.2) is 70.9 Å². The van der Waals surface area contributed by atoms with Gasteiger partial charge in [0.15, 0.2) is 0 Å². The predicted molar refractivity (Wildman–Crippen MR) is 85.1 cm³/mol. The van der Waals surface area contributed by atoms with Crippen molar-refractivity contribution in [2.45, 2.75) is 63.8 Å². The van der Waals surface area contributed by atoms with E-state index in [-0.39, 0.29) is 18.2 Å². The van der Waals surface area contributed by atoms with Gasteiger partial charge in [-0.2, -0.15) is 0 Å². The summed E-state index contributed by atoms with van der Waals surface area (Å²) in [6, 6.07) is -2.45. The van der Waals surface area contributed by atoms with Crippen LogP contribution in [0, 0.1) is 5.92 Å². The fourth-order valence-electron chi connectivity index (χ4n) is 4.05. The van der Waals surface area contributed by atoms with Crippen molar-refractivity contribution in [3.8, 4) is 0 Å². The molecule has 3 saturated heterocycles. The van der Waals surface area contributed by atoms with Crippen LogP contribution in [0.2, 0.25) is 0 Å². The number of piperazine rings is 1. The number of nitrogens with zero attached hydrogens (tertiary/aromatic N) is 2. The third-order valence-corrected chi connectivity index (χ3v) is 5.01. The van der Waals surface area contributed by atoms with E-state index in [1.54, 1.807) is 25.7 Å². The van der Waals surface area contributed by atoms with Crippen LogP contribution in [0.5, 0.6) is 0 Å². The maximum atomic E-state index is 12.9. The number of rotatable bonds is 2. The van der Waals surface area contributed by atoms with E-state index in [1.807, 2.05) is 0 Å². The third kappa shape index (κ3) is 2.87. The topological polar surface area (TPSA) is 93.2 Å². The highest BCUT2D eigenvalue weighted by Crippen LogP contribution is 2.39. The lowest BCUT2D eigenvalue weighted by molar-refractivity contribution is -0.173. The molecular weight excluding hydrogens is 328 g/mol. The summed E-state index contributed by atoms with van der Waals surface area (Å²) in [4.78, 5) is 53.5. The molecule has 3 aliphatic rings. The molecule has 138 valence electrons. The van der Waals surface area contributed by atoms with Crippen LogP contribution < -0.4 is 0 Å². The van der Waals surface area contributed by atoms with E-state index < -0.39 is 41.6 Å². The van der Waals surface area contributed by atoms with Gasteiger partial charge >= 0.3 is 11.9 Å². The van der Waals surface area contributed by atoms with Crippen LogP contribution in [0.15, 0.2) is 0 Å². The van der Waals surface area contributed by atoms with E-state index in [0.717, 1.165) is 6.42 Å². The number of amides is 2. The van der Waals surface area contributed by atoms with Gasteiger partial charge in [0.05, 0.1) is 13.0 Å². The maximum Gasteiger partial charge on any atom is 0.330 e. The van der Waals surface area contributed by atoms with Crippen molar-refractivity contribution in [3.05, 3.63) is 0 Å². The summed E-state index contributed by atoms with van der Waals surface area (Å²) >= 11 is 0. The van der Waals surface area contributed by atoms with Gasteiger partial charge in [0.25, 0.3) is 0 Å². The Morgan fingerprint density at radius 1 is 1.08 bits per heavy atom. The number of carbonyl (C=O) groups is 4. The van der Waals surface area contributed by atoms with Gasteiger partial charge in [-0.25, -0.2) is 4.79 Å². The van der Waals surface area contributed by atoms with Crippen molar-refractivity contribution < 1.29 is 28.7 Å². The Morgan fingerprint density at radius 3 is 2.36 bits per heavy atom. The first-order valence-corrected chi connectivity index (χ1v) is 8.59. The lowest BCUT2D eigenvalue weighted by Gasteiger charge is -2.40. The molecule has 3 heterocycles. The number of ether oxygens (including phenoxy) is 2. The second kappa shape index (κ2) is 6.00. The van der Waals surface area contributed by atoms with Crippen LogP contribution in [0.4, 0.5) is 0 Å². The zero-order chi connectivity index (χ0) is 18.5. The van der Waals surface area contributed by atoms with Gasteiger partial charge in [-0.05, 0) is 40.0 Å². The molecule has 0 bridgehead atoms. The van der Waals surface area contributed by atoms with Gasteiger partial charge < -0.3 is 19.3 Å². The number of carbonyl (C=O) groups excluding carboxylic acids is 4. The molecule has 8 heteroatoms. The van der Waals surface area contributed by atoms with E-state index >= 15 is 0 Å². The smallest absolute Gasteiger partial charge is 0.330 e. The SMILES string of the molecule is COC(=O)[C@@H]1C[C@@H]2C(=O)N3CCC[C@H]3C(=O)N2[C@H]1C(=O)OC(C)(C)C. The zero-order valence-electron chi connectivity index (χ0n) is 15.0. The molecule has 0 spiro atoms. The molecular formula is C17H24N2O6. The molecule has 0 saturated carbocycles. The Labute approximate surface area is 146 Å². The van der Waals surface area contributed by atoms with E-state index in [0.29, 0.717) is 13.0 Å². The van der Waals surface area contributed by atoms with Crippen LogP contribution in [0.3, 0.4) is 0 Å². The van der Waals surface area contributed by atoms with Crippen molar-refractivity contribution in [1.29, 1.82) is 0 Å². The molecule has 0 aromatic rings. The summed E-state index contributed by atoms with van der Waals surface area (Å²) in [5.74, 6) is -2.63. The van der Waals surface area contributed by atoms with Crippen molar-refractivity contribution in [1.82, 2.24) is 9.80 Å². The highest BCUT2D eigenvalue weighted by atomic mass is 16.6. The quantitative estimate of drug-likeness (QED) is 0.654. The Kier molecular flexibility index (Phi) is 4.25. The minimum Gasteiger partial charge on any atom is -0.469 e. The van der Waals surface area contributed by atoms with E-state index in [1.165, 1.54) is 12.0 Å². The first-order chi connectivity index (χ1) is 11.7. The molecule has 0 aromatic heterocycles. The monoisotopic (exact) mass is 352 g/mol. The molecule has 3 aliphatic heterocycles. The van der Waals surface area contributed by atoms with Gasteiger partial charge in [0.2, 0.25) is 11.8 Å². The zero-order valence-corrected chi connectivity index (χ0v) is 15.0. The number of hydrogen-bond donors (Lipinski definition) is 0. The first kappa shape index (κ1) is 17.7. The minimum absolute atomic E-state index is 0.0877. The lowest BCUT2D eigenvalue weighted by atomic mass is 9.98. The molecule has 0 unspecified atom stereocenters. The third-order valence-electron chi connectivity index (χ3n) is 5.01. The van der Waals surface area contributed by atoms with Crippen molar-refractivity contribution in [2.75, 3.05) is 13.7 Å².